The van der Waals surface area contributed by atoms with Crippen molar-refractivity contribution in [1.29, 1.82) is 0 Å². The number of rotatable bonds is 7. The third-order valence-electron chi connectivity index (χ3n) is 2.75. The zero-order valence-electron chi connectivity index (χ0n) is 11.0. The minimum atomic E-state index is -0.917. The van der Waals surface area contributed by atoms with E-state index in [9.17, 15) is 10.2 Å². The predicted molar refractivity (Wildman–Crippen MR) is 69.4 cm³/mol. The summed E-state index contributed by atoms with van der Waals surface area (Å²) in [5, 5.41) is 28.1. The van der Waals surface area contributed by atoms with Gasteiger partial charge >= 0.3 is 0 Å². The van der Waals surface area contributed by atoms with Crippen LogP contribution in [0.2, 0.25) is 0 Å². The van der Waals surface area contributed by atoms with Gasteiger partial charge in [0, 0.05) is 12.8 Å². The van der Waals surface area contributed by atoms with Crippen molar-refractivity contribution in [3.05, 3.63) is 29.8 Å². The molecule has 0 fully saturated rings. The maximum atomic E-state index is 9.97. The Labute approximate surface area is 108 Å². The molecule has 0 bridgehead atoms. The average Bonchev–Trinajstić information content (AvgIpc) is 2.28. The average molecular weight is 254 g/mol. The fourth-order valence-electron chi connectivity index (χ4n) is 1.82. The Hall–Kier alpha value is -1.10. The van der Waals surface area contributed by atoms with Crippen LogP contribution in [-0.2, 0) is 6.61 Å². The molecule has 1 rings (SSSR count). The van der Waals surface area contributed by atoms with Crippen molar-refractivity contribution in [2.75, 3.05) is 6.61 Å². The Morgan fingerprint density at radius 2 is 1.89 bits per heavy atom. The molecule has 0 heterocycles. The first kappa shape index (κ1) is 15.0. The molecule has 1 aromatic rings. The van der Waals surface area contributed by atoms with Gasteiger partial charge in [-0.05, 0) is 31.5 Å². The van der Waals surface area contributed by atoms with Gasteiger partial charge in [0.15, 0.2) is 0 Å². The largest absolute Gasteiger partial charge is 0.493 e. The number of aliphatic hydroxyl groups excluding tert-OH is 2. The van der Waals surface area contributed by atoms with Crippen molar-refractivity contribution in [2.45, 2.75) is 45.0 Å². The third-order valence-corrected chi connectivity index (χ3v) is 2.75. The lowest BCUT2D eigenvalue weighted by molar-refractivity contribution is -0.00599. The van der Waals surface area contributed by atoms with Crippen LogP contribution in [0.25, 0.3) is 0 Å². The first-order chi connectivity index (χ1) is 8.43. The third kappa shape index (κ3) is 5.49. The molecule has 0 radical (unpaired) electrons. The summed E-state index contributed by atoms with van der Waals surface area (Å²) >= 11 is 0. The van der Waals surface area contributed by atoms with Crippen LogP contribution in [0.4, 0.5) is 0 Å². The Morgan fingerprint density at radius 1 is 1.28 bits per heavy atom. The van der Waals surface area contributed by atoms with E-state index in [0.29, 0.717) is 25.2 Å². The second kappa shape index (κ2) is 6.73. The van der Waals surface area contributed by atoms with Gasteiger partial charge in [-0.1, -0.05) is 12.1 Å². The van der Waals surface area contributed by atoms with E-state index in [0.717, 1.165) is 5.56 Å². The van der Waals surface area contributed by atoms with Crippen LogP contribution in [0.5, 0.6) is 5.75 Å². The smallest absolute Gasteiger partial charge is 0.119 e. The maximum Gasteiger partial charge on any atom is 0.119 e. The minimum absolute atomic E-state index is 0.0172. The van der Waals surface area contributed by atoms with Crippen LogP contribution in [0, 0.1) is 0 Å². The molecule has 102 valence electrons. The zero-order valence-corrected chi connectivity index (χ0v) is 11.0. The summed E-state index contributed by atoms with van der Waals surface area (Å²) in [6.45, 7) is 3.75. The minimum Gasteiger partial charge on any atom is -0.493 e. The topological polar surface area (TPSA) is 69.9 Å². The number of ether oxygens (including phenoxy) is 1. The molecule has 4 heteroatoms. The summed E-state index contributed by atoms with van der Waals surface area (Å²) in [7, 11) is 0. The molecule has 0 aliphatic heterocycles. The maximum absolute atomic E-state index is 9.97. The molecule has 2 atom stereocenters. The van der Waals surface area contributed by atoms with Gasteiger partial charge in [0.25, 0.3) is 0 Å². The van der Waals surface area contributed by atoms with E-state index in [4.69, 9.17) is 9.84 Å². The molecule has 0 aromatic heterocycles. The van der Waals surface area contributed by atoms with E-state index >= 15 is 0 Å². The van der Waals surface area contributed by atoms with Crippen molar-refractivity contribution < 1.29 is 20.1 Å². The molecule has 0 saturated heterocycles. The van der Waals surface area contributed by atoms with Gasteiger partial charge in [-0.15, -0.1) is 0 Å². The van der Waals surface area contributed by atoms with Gasteiger partial charge in [0.2, 0.25) is 0 Å². The number of hydrogen-bond acceptors (Lipinski definition) is 4. The second-order valence-corrected chi connectivity index (χ2v) is 4.95. The molecule has 3 N–H and O–H groups in total. The predicted octanol–water partition coefficient (Wildman–Crippen LogP) is 1.47. The van der Waals surface area contributed by atoms with Gasteiger partial charge in [-0.2, -0.15) is 0 Å². The van der Waals surface area contributed by atoms with E-state index in [1.165, 1.54) is 0 Å². The van der Waals surface area contributed by atoms with Gasteiger partial charge in [0.05, 0.1) is 24.9 Å². The Morgan fingerprint density at radius 3 is 2.39 bits per heavy atom. The molecule has 0 spiro atoms. The molecule has 0 saturated carbocycles. The molecule has 0 aliphatic rings. The lowest BCUT2D eigenvalue weighted by Crippen LogP contribution is -2.30. The van der Waals surface area contributed by atoms with Crippen LogP contribution in [0.1, 0.15) is 32.3 Å². The van der Waals surface area contributed by atoms with Gasteiger partial charge < -0.3 is 20.1 Å². The lowest BCUT2D eigenvalue weighted by Gasteiger charge is -2.24. The van der Waals surface area contributed by atoms with Crippen LogP contribution in [-0.4, -0.2) is 33.6 Å². The highest BCUT2D eigenvalue weighted by Crippen LogP contribution is 2.18. The molecular weight excluding hydrogens is 232 g/mol. The Balaban J connectivity index is 2.36. The molecule has 18 heavy (non-hydrogen) atoms. The summed E-state index contributed by atoms with van der Waals surface area (Å²) in [4.78, 5) is 0. The van der Waals surface area contributed by atoms with Crippen molar-refractivity contribution in [1.82, 2.24) is 0 Å². The fraction of sp³-hybridized carbons (Fsp3) is 0.571. The summed E-state index contributed by atoms with van der Waals surface area (Å²) in [5.74, 6) is 0.708. The highest BCUT2D eigenvalue weighted by molar-refractivity contribution is 5.26. The van der Waals surface area contributed by atoms with E-state index in [1.807, 2.05) is 0 Å². The lowest BCUT2D eigenvalue weighted by atomic mass is 9.96. The van der Waals surface area contributed by atoms with E-state index < -0.39 is 11.7 Å². The zero-order chi connectivity index (χ0) is 13.6. The number of benzene rings is 1. The standard InChI is InChI=1S/C14H22O4/c1-11(16)9-14(2,17)7-8-18-13-5-3-12(10-15)4-6-13/h3-6,11,15-17H,7-10H2,1-2H3. The molecule has 0 aliphatic carbocycles. The number of aliphatic hydroxyl groups is 3. The molecule has 0 amide bonds. The quantitative estimate of drug-likeness (QED) is 0.689. The van der Waals surface area contributed by atoms with Gasteiger partial charge in [-0.3, -0.25) is 0 Å². The SMILES string of the molecule is CC(O)CC(C)(O)CCOc1ccc(CO)cc1. The molecule has 4 nitrogen and oxygen atoms in total. The Kier molecular flexibility index (Phi) is 5.59. The van der Waals surface area contributed by atoms with Crippen molar-refractivity contribution in [3.63, 3.8) is 0 Å². The van der Waals surface area contributed by atoms with E-state index in [-0.39, 0.29) is 6.61 Å². The normalized spacial score (nSPS) is 16.1. The van der Waals surface area contributed by atoms with E-state index in [1.54, 1.807) is 38.1 Å². The summed E-state index contributed by atoms with van der Waals surface area (Å²) in [6, 6.07) is 7.16. The van der Waals surface area contributed by atoms with Gasteiger partial charge in [0.1, 0.15) is 5.75 Å². The van der Waals surface area contributed by atoms with E-state index in [2.05, 4.69) is 0 Å². The fourth-order valence-corrected chi connectivity index (χ4v) is 1.82. The highest BCUT2D eigenvalue weighted by Gasteiger charge is 2.22. The molecule has 2 unspecified atom stereocenters. The highest BCUT2D eigenvalue weighted by atomic mass is 16.5. The first-order valence-electron chi connectivity index (χ1n) is 6.16. The molecule has 1 aromatic carbocycles. The van der Waals surface area contributed by atoms with Crippen molar-refractivity contribution in [3.8, 4) is 5.75 Å². The summed E-state index contributed by atoms with van der Waals surface area (Å²) < 4.78 is 5.50. The van der Waals surface area contributed by atoms with Crippen molar-refractivity contribution >= 4 is 0 Å². The van der Waals surface area contributed by atoms with Crippen LogP contribution in [0.15, 0.2) is 24.3 Å². The van der Waals surface area contributed by atoms with Crippen LogP contribution < -0.4 is 4.74 Å². The summed E-state index contributed by atoms with van der Waals surface area (Å²) in [6.07, 6.45) is 0.267. The van der Waals surface area contributed by atoms with Crippen LogP contribution in [0.3, 0.4) is 0 Å². The molecular formula is C14H22O4. The first-order valence-corrected chi connectivity index (χ1v) is 6.16. The monoisotopic (exact) mass is 254 g/mol. The van der Waals surface area contributed by atoms with Crippen LogP contribution >= 0.6 is 0 Å². The second-order valence-electron chi connectivity index (χ2n) is 4.95. The Bertz CT molecular complexity index is 343. The van der Waals surface area contributed by atoms with Crippen molar-refractivity contribution in [2.24, 2.45) is 0 Å². The number of hydrogen-bond donors (Lipinski definition) is 3. The summed E-state index contributed by atoms with van der Waals surface area (Å²) in [5.41, 5.74) is -0.0809. The van der Waals surface area contributed by atoms with Gasteiger partial charge in [-0.25, -0.2) is 0 Å².